The van der Waals surface area contributed by atoms with Crippen molar-refractivity contribution >= 4 is 5.91 Å². The molecule has 1 aromatic carbocycles. The minimum Gasteiger partial charge on any atom is -0.390 e. The van der Waals surface area contributed by atoms with Gasteiger partial charge in [-0.3, -0.25) is 4.79 Å². The molecule has 4 atom stereocenters. The lowest BCUT2D eigenvalue weighted by molar-refractivity contribution is -0.0372. The third-order valence-electron chi connectivity index (χ3n) is 4.89. The number of hydrogen-bond acceptors (Lipinski definition) is 3. The normalized spacial score (nSPS) is 31.2. The number of likely N-dealkylation sites (tertiary alicyclic amines) is 1. The first-order chi connectivity index (χ1) is 10.4. The van der Waals surface area contributed by atoms with Crippen molar-refractivity contribution in [2.45, 2.75) is 32.0 Å². The van der Waals surface area contributed by atoms with Gasteiger partial charge in [0.2, 0.25) is 0 Å². The highest BCUT2D eigenvalue weighted by Gasteiger charge is 2.43. The molecule has 6 heteroatoms. The smallest absolute Gasteiger partial charge is 0.259 e. The maximum absolute atomic E-state index is 14.1. The molecular weight excluding hydrogens is 292 g/mol. The fraction of sp³-hybridized carbons (Fsp3) is 0.562. The molecule has 0 aromatic heterocycles. The molecule has 0 unspecified atom stereocenters. The monoisotopic (exact) mass is 311 g/mol. The molecule has 2 aliphatic rings. The van der Waals surface area contributed by atoms with Crippen molar-refractivity contribution in [2.24, 2.45) is 11.8 Å². The number of hydrogen-bond donors (Lipinski definition) is 2. The Balaban J connectivity index is 1.82. The summed E-state index contributed by atoms with van der Waals surface area (Å²) in [5.74, 6) is -2.20. The van der Waals surface area contributed by atoms with Gasteiger partial charge in [0.15, 0.2) is 0 Å². The molecule has 1 saturated heterocycles. The Hall–Kier alpha value is -1.53. The second-order valence-corrected chi connectivity index (χ2v) is 6.39. The Morgan fingerprint density at radius 2 is 1.68 bits per heavy atom. The molecule has 1 heterocycles. The number of aryl methyl sites for hydroxylation is 1. The molecule has 0 bridgehead atoms. The number of nitrogens with zero attached hydrogens (tertiary/aromatic N) is 1. The van der Waals surface area contributed by atoms with Gasteiger partial charge in [-0.25, -0.2) is 8.78 Å². The van der Waals surface area contributed by atoms with Crippen LogP contribution < -0.4 is 0 Å². The first-order valence-electron chi connectivity index (χ1n) is 7.48. The molecule has 1 aliphatic heterocycles. The van der Waals surface area contributed by atoms with Gasteiger partial charge in [-0.05, 0) is 43.2 Å². The van der Waals surface area contributed by atoms with Gasteiger partial charge >= 0.3 is 0 Å². The second-order valence-electron chi connectivity index (χ2n) is 6.39. The number of halogens is 2. The van der Waals surface area contributed by atoms with Crippen LogP contribution in [0.5, 0.6) is 0 Å². The van der Waals surface area contributed by atoms with E-state index in [1.807, 2.05) is 0 Å². The summed E-state index contributed by atoms with van der Waals surface area (Å²) in [5, 5.41) is 19.4. The zero-order valence-electron chi connectivity index (χ0n) is 12.3. The number of aliphatic hydroxyl groups is 2. The molecule has 1 aliphatic carbocycles. The Bertz CT molecular complexity index is 589. The molecular formula is C16H19F2NO3. The summed E-state index contributed by atoms with van der Waals surface area (Å²) >= 11 is 0. The summed E-state index contributed by atoms with van der Waals surface area (Å²) in [6, 6.07) is 2.40. The highest BCUT2D eigenvalue weighted by Crippen LogP contribution is 2.37. The summed E-state index contributed by atoms with van der Waals surface area (Å²) in [5.41, 5.74) is -0.285. The minimum atomic E-state index is -0.858. The molecule has 120 valence electrons. The van der Waals surface area contributed by atoms with E-state index in [1.165, 1.54) is 17.9 Å². The van der Waals surface area contributed by atoms with Gasteiger partial charge in [0, 0.05) is 13.1 Å². The van der Waals surface area contributed by atoms with Crippen molar-refractivity contribution in [2.75, 3.05) is 13.1 Å². The first-order valence-corrected chi connectivity index (χ1v) is 7.48. The Morgan fingerprint density at radius 1 is 1.14 bits per heavy atom. The zero-order valence-corrected chi connectivity index (χ0v) is 12.3. The highest BCUT2D eigenvalue weighted by molar-refractivity contribution is 5.95. The van der Waals surface area contributed by atoms with Crippen molar-refractivity contribution in [3.8, 4) is 0 Å². The second kappa shape index (κ2) is 5.59. The molecule has 1 amide bonds. The Labute approximate surface area is 127 Å². The van der Waals surface area contributed by atoms with Gasteiger partial charge < -0.3 is 15.1 Å². The number of carbonyl (C=O) groups excluding carboxylic acids is 1. The SMILES string of the molecule is Cc1ccc(F)c(C(=O)N2C[C@H]3C[C@H](O)[C@@H](O)C[C@H]3C2)c1F. The third-order valence-corrected chi connectivity index (χ3v) is 4.89. The summed E-state index contributed by atoms with van der Waals surface area (Å²) in [4.78, 5) is 13.9. The van der Waals surface area contributed by atoms with Crippen LogP contribution in [0.3, 0.4) is 0 Å². The van der Waals surface area contributed by atoms with Gasteiger partial charge in [-0.2, -0.15) is 0 Å². The molecule has 2 fully saturated rings. The molecule has 0 spiro atoms. The number of rotatable bonds is 1. The number of fused-ring (bicyclic) bond motifs is 1. The van der Waals surface area contributed by atoms with Gasteiger partial charge in [0.05, 0.1) is 12.2 Å². The van der Waals surface area contributed by atoms with E-state index >= 15 is 0 Å². The van der Waals surface area contributed by atoms with E-state index in [0.717, 1.165) is 6.07 Å². The van der Waals surface area contributed by atoms with E-state index in [1.54, 1.807) is 0 Å². The fourth-order valence-electron chi connectivity index (χ4n) is 3.58. The van der Waals surface area contributed by atoms with Gasteiger partial charge in [0.1, 0.15) is 17.2 Å². The van der Waals surface area contributed by atoms with Crippen LogP contribution in [0, 0.1) is 30.4 Å². The molecule has 4 nitrogen and oxygen atoms in total. The Kier molecular flexibility index (Phi) is 3.91. The van der Waals surface area contributed by atoms with E-state index in [0.29, 0.717) is 25.9 Å². The quantitative estimate of drug-likeness (QED) is 0.826. The third kappa shape index (κ3) is 2.50. The van der Waals surface area contributed by atoms with Crippen LogP contribution in [0.15, 0.2) is 12.1 Å². The van der Waals surface area contributed by atoms with Crippen LogP contribution in [0.2, 0.25) is 0 Å². The summed E-state index contributed by atoms with van der Waals surface area (Å²) in [6.45, 7) is 2.21. The van der Waals surface area contributed by atoms with Gasteiger partial charge in [0.25, 0.3) is 5.91 Å². The lowest BCUT2D eigenvalue weighted by Gasteiger charge is -2.31. The van der Waals surface area contributed by atoms with Gasteiger partial charge in [-0.1, -0.05) is 6.07 Å². The average Bonchev–Trinajstić information content (AvgIpc) is 2.86. The minimum absolute atomic E-state index is 0.0679. The topological polar surface area (TPSA) is 60.8 Å². The maximum atomic E-state index is 14.1. The van der Waals surface area contributed by atoms with Crippen LogP contribution in [0.4, 0.5) is 8.78 Å². The van der Waals surface area contributed by atoms with Crippen LogP contribution in [0.1, 0.15) is 28.8 Å². The molecule has 22 heavy (non-hydrogen) atoms. The van der Waals surface area contributed by atoms with Crippen LogP contribution in [-0.4, -0.2) is 46.3 Å². The van der Waals surface area contributed by atoms with E-state index in [-0.39, 0.29) is 17.4 Å². The lowest BCUT2D eigenvalue weighted by Crippen LogP contribution is -2.38. The van der Waals surface area contributed by atoms with Crippen molar-refractivity contribution < 1.29 is 23.8 Å². The van der Waals surface area contributed by atoms with Crippen LogP contribution in [0.25, 0.3) is 0 Å². The molecule has 1 aromatic rings. The summed E-state index contributed by atoms with van der Waals surface area (Å²) in [6.07, 6.45) is -0.754. The Morgan fingerprint density at radius 3 is 2.23 bits per heavy atom. The predicted octanol–water partition coefficient (Wildman–Crippen LogP) is 1.48. The molecule has 0 radical (unpaired) electrons. The first kappa shape index (κ1) is 15.4. The van der Waals surface area contributed by atoms with Crippen LogP contribution in [-0.2, 0) is 0 Å². The number of benzene rings is 1. The lowest BCUT2D eigenvalue weighted by atomic mass is 9.79. The highest BCUT2D eigenvalue weighted by atomic mass is 19.1. The molecule has 1 saturated carbocycles. The van der Waals surface area contributed by atoms with Crippen molar-refractivity contribution in [3.05, 3.63) is 34.9 Å². The van der Waals surface area contributed by atoms with Gasteiger partial charge in [-0.15, -0.1) is 0 Å². The van der Waals surface area contributed by atoms with E-state index in [9.17, 15) is 23.8 Å². The van der Waals surface area contributed by atoms with Crippen LogP contribution >= 0.6 is 0 Å². The standard InChI is InChI=1S/C16H19F2NO3/c1-8-2-3-11(17)14(15(8)18)16(22)19-6-9-4-12(20)13(21)5-10(9)7-19/h2-3,9-10,12-13,20-21H,4-7H2,1H3/t9-,10+,12-,13-/m0/s1. The van der Waals surface area contributed by atoms with E-state index in [2.05, 4.69) is 0 Å². The van der Waals surface area contributed by atoms with E-state index in [4.69, 9.17) is 0 Å². The summed E-state index contributed by atoms with van der Waals surface area (Å²) in [7, 11) is 0. The predicted molar refractivity (Wildman–Crippen MR) is 75.2 cm³/mol. The number of aliphatic hydroxyl groups excluding tert-OH is 2. The molecule has 3 rings (SSSR count). The average molecular weight is 311 g/mol. The maximum Gasteiger partial charge on any atom is 0.259 e. The van der Waals surface area contributed by atoms with Crippen molar-refractivity contribution in [1.29, 1.82) is 0 Å². The molecule has 2 N–H and O–H groups in total. The largest absolute Gasteiger partial charge is 0.390 e. The number of carbonyl (C=O) groups is 1. The fourth-order valence-corrected chi connectivity index (χ4v) is 3.58. The van der Waals surface area contributed by atoms with Crippen molar-refractivity contribution in [1.82, 2.24) is 4.90 Å². The summed E-state index contributed by atoms with van der Waals surface area (Å²) < 4.78 is 28.0. The van der Waals surface area contributed by atoms with E-state index < -0.39 is 35.3 Å². The number of amides is 1. The van der Waals surface area contributed by atoms with Crippen molar-refractivity contribution in [3.63, 3.8) is 0 Å². The zero-order chi connectivity index (χ0) is 16.0.